The summed E-state index contributed by atoms with van der Waals surface area (Å²) in [5.41, 5.74) is 7.85. The minimum atomic E-state index is 0.322. The van der Waals surface area contributed by atoms with Gasteiger partial charge in [-0.2, -0.15) is 0 Å². The number of anilines is 1. The van der Waals surface area contributed by atoms with Crippen LogP contribution in [0, 0.1) is 0 Å². The molecule has 0 amide bonds. The lowest BCUT2D eigenvalue weighted by molar-refractivity contribution is 0.461. The van der Waals surface area contributed by atoms with Crippen LogP contribution in [0.2, 0.25) is 0 Å². The molecule has 1 aromatic carbocycles. The number of nitrogens with two attached hydrogens (primary N) is 1. The Morgan fingerprint density at radius 3 is 2.71 bits per heavy atom. The van der Waals surface area contributed by atoms with Gasteiger partial charge in [0.05, 0.1) is 0 Å². The van der Waals surface area contributed by atoms with Gasteiger partial charge in [0.15, 0.2) is 0 Å². The number of hydrogen-bond donors (Lipinski definition) is 2. The normalized spacial score (nSPS) is 17.4. The van der Waals surface area contributed by atoms with E-state index in [1.165, 1.54) is 18.5 Å². The maximum absolute atomic E-state index is 9.92. The lowest BCUT2D eigenvalue weighted by Gasteiger charge is -2.21. The molecule has 0 saturated carbocycles. The molecule has 17 heavy (non-hydrogen) atoms. The Labute approximate surface area is 103 Å². The molecule has 1 fully saturated rings. The molecule has 94 valence electrons. The first-order valence-electron chi connectivity index (χ1n) is 6.50. The average molecular weight is 234 g/mol. The monoisotopic (exact) mass is 234 g/mol. The Morgan fingerprint density at radius 1 is 1.35 bits per heavy atom. The van der Waals surface area contributed by atoms with Gasteiger partial charge in [0.1, 0.15) is 5.75 Å². The molecule has 1 heterocycles. The summed E-state index contributed by atoms with van der Waals surface area (Å²) in [6, 6.07) is 5.95. The maximum atomic E-state index is 9.92. The topological polar surface area (TPSA) is 49.5 Å². The molecule has 3 N–H and O–H groups in total. The summed E-state index contributed by atoms with van der Waals surface area (Å²) < 4.78 is 0. The molecule has 1 atom stereocenters. The van der Waals surface area contributed by atoms with Crippen molar-refractivity contribution in [1.29, 1.82) is 0 Å². The van der Waals surface area contributed by atoms with Gasteiger partial charge in [-0.25, -0.2) is 0 Å². The molecule has 3 nitrogen and oxygen atoms in total. The van der Waals surface area contributed by atoms with Crippen molar-refractivity contribution >= 4 is 5.69 Å². The van der Waals surface area contributed by atoms with Gasteiger partial charge >= 0.3 is 0 Å². The Balaban J connectivity index is 2.22. The number of aromatic hydroxyl groups is 1. The van der Waals surface area contributed by atoms with E-state index in [0.29, 0.717) is 18.2 Å². The molecule has 1 aliphatic heterocycles. The number of nitrogens with zero attached hydrogens (tertiary/aromatic N) is 1. The van der Waals surface area contributed by atoms with E-state index in [0.717, 1.165) is 25.1 Å². The minimum absolute atomic E-state index is 0.322. The van der Waals surface area contributed by atoms with E-state index >= 15 is 0 Å². The van der Waals surface area contributed by atoms with Crippen LogP contribution < -0.4 is 10.6 Å². The van der Waals surface area contributed by atoms with Crippen molar-refractivity contribution in [2.75, 3.05) is 24.5 Å². The molecular weight excluding hydrogens is 212 g/mol. The van der Waals surface area contributed by atoms with Crippen LogP contribution in [0.25, 0.3) is 0 Å². The Morgan fingerprint density at radius 2 is 2.06 bits per heavy atom. The molecule has 2 rings (SSSR count). The van der Waals surface area contributed by atoms with Crippen molar-refractivity contribution in [2.24, 2.45) is 5.73 Å². The third kappa shape index (κ3) is 2.72. The van der Waals surface area contributed by atoms with Gasteiger partial charge in [-0.15, -0.1) is 0 Å². The van der Waals surface area contributed by atoms with Crippen LogP contribution in [0.4, 0.5) is 5.69 Å². The summed E-state index contributed by atoms with van der Waals surface area (Å²) in [6.07, 6.45) is 3.46. The van der Waals surface area contributed by atoms with Crippen LogP contribution in [0.5, 0.6) is 5.75 Å². The van der Waals surface area contributed by atoms with E-state index in [1.54, 1.807) is 0 Å². The van der Waals surface area contributed by atoms with Crippen LogP contribution in [-0.4, -0.2) is 24.7 Å². The predicted molar refractivity (Wildman–Crippen MR) is 71.6 cm³/mol. The molecule has 3 heteroatoms. The van der Waals surface area contributed by atoms with Crippen LogP contribution in [0.15, 0.2) is 18.2 Å². The number of phenolic OH excluding ortho intramolecular Hbond substituents is 1. The van der Waals surface area contributed by atoms with Gasteiger partial charge in [0.25, 0.3) is 0 Å². The molecule has 1 unspecified atom stereocenters. The standard InChI is InChI=1S/C14H22N2O/c1-11(6-7-15)13-10-12(4-5-14(13)17)16-8-2-3-9-16/h4-5,10-11,17H,2-3,6-9,15H2,1H3. The van der Waals surface area contributed by atoms with Crippen LogP contribution >= 0.6 is 0 Å². The largest absolute Gasteiger partial charge is 0.508 e. The van der Waals surface area contributed by atoms with Gasteiger partial charge in [-0.3, -0.25) is 0 Å². The molecule has 0 radical (unpaired) electrons. The van der Waals surface area contributed by atoms with E-state index in [1.807, 2.05) is 12.1 Å². The van der Waals surface area contributed by atoms with Crippen molar-refractivity contribution < 1.29 is 5.11 Å². The smallest absolute Gasteiger partial charge is 0.119 e. The van der Waals surface area contributed by atoms with Crippen molar-refractivity contribution in [3.63, 3.8) is 0 Å². The van der Waals surface area contributed by atoms with Crippen LogP contribution in [0.1, 0.15) is 37.7 Å². The summed E-state index contributed by atoms with van der Waals surface area (Å²) in [5.74, 6) is 0.719. The molecular formula is C14H22N2O. The van der Waals surface area contributed by atoms with E-state index < -0.39 is 0 Å². The van der Waals surface area contributed by atoms with E-state index in [4.69, 9.17) is 5.73 Å². The molecule has 0 aliphatic carbocycles. The van der Waals surface area contributed by atoms with E-state index in [2.05, 4.69) is 17.9 Å². The molecule has 1 saturated heterocycles. The zero-order chi connectivity index (χ0) is 12.3. The Bertz CT molecular complexity index is 372. The molecule has 0 aromatic heterocycles. The van der Waals surface area contributed by atoms with Crippen LogP contribution in [0.3, 0.4) is 0 Å². The number of hydrogen-bond acceptors (Lipinski definition) is 3. The van der Waals surface area contributed by atoms with Gasteiger partial charge in [-0.1, -0.05) is 6.92 Å². The van der Waals surface area contributed by atoms with Gasteiger partial charge in [-0.05, 0) is 55.5 Å². The average Bonchev–Trinajstić information content (AvgIpc) is 2.83. The maximum Gasteiger partial charge on any atom is 0.119 e. The van der Waals surface area contributed by atoms with E-state index in [9.17, 15) is 5.11 Å². The third-order valence-corrected chi connectivity index (χ3v) is 3.61. The lowest BCUT2D eigenvalue weighted by Crippen LogP contribution is -2.17. The van der Waals surface area contributed by atoms with Crippen molar-refractivity contribution in [3.8, 4) is 5.75 Å². The zero-order valence-electron chi connectivity index (χ0n) is 10.5. The fourth-order valence-electron chi connectivity index (χ4n) is 2.51. The Kier molecular flexibility index (Phi) is 3.89. The van der Waals surface area contributed by atoms with E-state index in [-0.39, 0.29) is 0 Å². The number of rotatable bonds is 4. The SMILES string of the molecule is CC(CCN)c1cc(N2CCCC2)ccc1O. The van der Waals surface area contributed by atoms with Gasteiger partial charge in [0, 0.05) is 18.8 Å². The first kappa shape index (κ1) is 12.2. The molecule has 0 bridgehead atoms. The second kappa shape index (κ2) is 5.41. The second-order valence-corrected chi connectivity index (χ2v) is 4.92. The minimum Gasteiger partial charge on any atom is -0.508 e. The molecule has 0 spiro atoms. The molecule has 1 aromatic rings. The quantitative estimate of drug-likeness (QED) is 0.841. The summed E-state index contributed by atoms with van der Waals surface area (Å²) in [5, 5.41) is 9.92. The number of phenols is 1. The zero-order valence-corrected chi connectivity index (χ0v) is 10.5. The van der Waals surface area contributed by atoms with Crippen molar-refractivity contribution in [1.82, 2.24) is 0 Å². The summed E-state index contributed by atoms with van der Waals surface area (Å²) in [6.45, 7) is 5.05. The fraction of sp³-hybridized carbons (Fsp3) is 0.571. The first-order valence-corrected chi connectivity index (χ1v) is 6.50. The summed E-state index contributed by atoms with van der Waals surface area (Å²) in [4.78, 5) is 2.39. The van der Waals surface area contributed by atoms with Crippen LogP contribution in [-0.2, 0) is 0 Å². The third-order valence-electron chi connectivity index (χ3n) is 3.61. The second-order valence-electron chi connectivity index (χ2n) is 4.92. The van der Waals surface area contributed by atoms with Gasteiger partial charge < -0.3 is 15.7 Å². The lowest BCUT2D eigenvalue weighted by atomic mass is 9.96. The Hall–Kier alpha value is -1.22. The highest BCUT2D eigenvalue weighted by Crippen LogP contribution is 2.32. The highest BCUT2D eigenvalue weighted by molar-refractivity contribution is 5.54. The fourth-order valence-corrected chi connectivity index (χ4v) is 2.51. The summed E-state index contributed by atoms with van der Waals surface area (Å²) in [7, 11) is 0. The van der Waals surface area contributed by atoms with Gasteiger partial charge in [0.2, 0.25) is 0 Å². The predicted octanol–water partition coefficient (Wildman–Crippen LogP) is 2.44. The van der Waals surface area contributed by atoms with Crippen molar-refractivity contribution in [3.05, 3.63) is 23.8 Å². The highest BCUT2D eigenvalue weighted by Gasteiger charge is 2.16. The summed E-state index contributed by atoms with van der Waals surface area (Å²) >= 11 is 0. The molecule has 1 aliphatic rings. The first-order chi connectivity index (χ1) is 8.22. The number of benzene rings is 1. The highest BCUT2D eigenvalue weighted by atomic mass is 16.3. The van der Waals surface area contributed by atoms with Crippen molar-refractivity contribution in [2.45, 2.75) is 32.1 Å².